The highest BCUT2D eigenvalue weighted by Gasteiger charge is 2.07. The highest BCUT2D eigenvalue weighted by molar-refractivity contribution is 5.73. The third kappa shape index (κ3) is 6.36. The van der Waals surface area contributed by atoms with Crippen LogP contribution in [-0.4, -0.2) is 24.1 Å². The molecule has 1 atom stereocenters. The van der Waals surface area contributed by atoms with Gasteiger partial charge in [-0.3, -0.25) is 4.79 Å². The van der Waals surface area contributed by atoms with Gasteiger partial charge < -0.3 is 16.2 Å². The van der Waals surface area contributed by atoms with Crippen molar-refractivity contribution >= 4 is 5.91 Å². The molecule has 4 N–H and O–H groups in total. The Balaban J connectivity index is 2.39. The van der Waals surface area contributed by atoms with Crippen LogP contribution in [0.1, 0.15) is 37.5 Å². The lowest BCUT2D eigenvalue weighted by atomic mass is 10.0. The Morgan fingerprint density at radius 3 is 2.47 bits per heavy atom. The molecule has 0 aromatic heterocycles. The first-order valence-corrected chi connectivity index (χ1v) is 6.75. The zero-order valence-corrected chi connectivity index (χ0v) is 11.7. The van der Waals surface area contributed by atoms with Crippen LogP contribution in [0.15, 0.2) is 24.3 Å². The Morgan fingerprint density at radius 2 is 1.95 bits per heavy atom. The minimum absolute atomic E-state index is 0.292. The summed E-state index contributed by atoms with van der Waals surface area (Å²) in [5, 5.41) is 13.0. The third-order valence-electron chi connectivity index (χ3n) is 2.89. The van der Waals surface area contributed by atoms with E-state index >= 15 is 0 Å². The Morgan fingerprint density at radius 1 is 1.32 bits per heavy atom. The summed E-state index contributed by atoms with van der Waals surface area (Å²) < 4.78 is 0. The van der Waals surface area contributed by atoms with Gasteiger partial charge in [-0.05, 0) is 23.5 Å². The lowest BCUT2D eigenvalue weighted by molar-refractivity contribution is -0.117. The maximum Gasteiger partial charge on any atom is 0.218 e. The normalized spacial score (nSPS) is 12.6. The summed E-state index contributed by atoms with van der Waals surface area (Å²) in [6.45, 7) is 5.30. The highest BCUT2D eigenvalue weighted by atomic mass is 16.3. The zero-order valence-electron chi connectivity index (χ0n) is 11.7. The van der Waals surface area contributed by atoms with Crippen LogP contribution in [0.3, 0.4) is 0 Å². The number of carbonyl (C=O) groups excluding carboxylic acids is 1. The molecule has 1 aromatic rings. The van der Waals surface area contributed by atoms with Crippen molar-refractivity contribution in [2.75, 3.05) is 13.1 Å². The lowest BCUT2D eigenvalue weighted by Gasteiger charge is -2.13. The summed E-state index contributed by atoms with van der Waals surface area (Å²) in [4.78, 5) is 10.6. The van der Waals surface area contributed by atoms with E-state index in [4.69, 9.17) is 5.73 Å². The van der Waals surface area contributed by atoms with Gasteiger partial charge in [-0.15, -0.1) is 0 Å². The monoisotopic (exact) mass is 264 g/mol. The van der Waals surface area contributed by atoms with Crippen molar-refractivity contribution in [1.29, 1.82) is 0 Å². The minimum Gasteiger partial charge on any atom is -0.387 e. The van der Waals surface area contributed by atoms with Crippen molar-refractivity contribution < 1.29 is 9.90 Å². The SMILES string of the molecule is CC(C)Cc1ccc(C(O)CNCCC(N)=O)cc1. The topological polar surface area (TPSA) is 75.3 Å². The number of nitrogens with two attached hydrogens (primary N) is 1. The predicted molar refractivity (Wildman–Crippen MR) is 76.6 cm³/mol. The maximum absolute atomic E-state index is 10.6. The summed E-state index contributed by atoms with van der Waals surface area (Å²) in [6, 6.07) is 8.03. The van der Waals surface area contributed by atoms with Gasteiger partial charge in [0.05, 0.1) is 6.10 Å². The van der Waals surface area contributed by atoms with E-state index < -0.39 is 6.10 Å². The molecule has 0 bridgehead atoms. The van der Waals surface area contributed by atoms with Gasteiger partial charge in [0, 0.05) is 19.5 Å². The molecule has 19 heavy (non-hydrogen) atoms. The van der Waals surface area contributed by atoms with Crippen molar-refractivity contribution in [3.05, 3.63) is 35.4 Å². The second-order valence-corrected chi connectivity index (χ2v) is 5.28. The second-order valence-electron chi connectivity index (χ2n) is 5.28. The largest absolute Gasteiger partial charge is 0.387 e. The Kier molecular flexibility index (Phi) is 6.53. The molecule has 1 aromatic carbocycles. The van der Waals surface area contributed by atoms with Crippen LogP contribution in [0.4, 0.5) is 0 Å². The van der Waals surface area contributed by atoms with Crippen LogP contribution >= 0.6 is 0 Å². The van der Waals surface area contributed by atoms with Crippen LogP contribution in [0, 0.1) is 5.92 Å². The number of aliphatic hydroxyl groups excluding tert-OH is 1. The van der Waals surface area contributed by atoms with Gasteiger partial charge in [-0.2, -0.15) is 0 Å². The van der Waals surface area contributed by atoms with Crippen molar-refractivity contribution in [2.24, 2.45) is 11.7 Å². The Bertz CT molecular complexity index is 388. The number of nitrogens with one attached hydrogen (secondary N) is 1. The molecule has 0 aliphatic carbocycles. The van der Waals surface area contributed by atoms with E-state index in [1.165, 1.54) is 5.56 Å². The number of rotatable bonds is 8. The molecule has 0 aliphatic heterocycles. The summed E-state index contributed by atoms with van der Waals surface area (Å²) in [6.07, 6.45) is 0.786. The van der Waals surface area contributed by atoms with Gasteiger partial charge >= 0.3 is 0 Å². The fourth-order valence-electron chi connectivity index (χ4n) is 1.92. The molecule has 0 radical (unpaired) electrons. The van der Waals surface area contributed by atoms with Gasteiger partial charge in [-0.25, -0.2) is 0 Å². The number of aliphatic hydroxyl groups is 1. The standard InChI is InChI=1S/C15H24N2O2/c1-11(2)9-12-3-5-13(6-4-12)14(18)10-17-8-7-15(16)19/h3-6,11,14,17-18H,7-10H2,1-2H3,(H2,16,19). The molecule has 0 fully saturated rings. The van der Waals surface area contributed by atoms with Crippen LogP contribution in [-0.2, 0) is 11.2 Å². The fourth-order valence-corrected chi connectivity index (χ4v) is 1.92. The van der Waals surface area contributed by atoms with E-state index in [2.05, 4.69) is 31.3 Å². The summed E-state index contributed by atoms with van der Waals surface area (Å²) in [7, 11) is 0. The molecule has 0 saturated carbocycles. The van der Waals surface area contributed by atoms with E-state index in [-0.39, 0.29) is 5.91 Å². The highest BCUT2D eigenvalue weighted by Crippen LogP contribution is 2.15. The maximum atomic E-state index is 10.6. The quantitative estimate of drug-likeness (QED) is 0.621. The van der Waals surface area contributed by atoms with Crippen LogP contribution in [0.5, 0.6) is 0 Å². The van der Waals surface area contributed by atoms with E-state index in [0.717, 1.165) is 12.0 Å². The molecule has 1 amide bonds. The van der Waals surface area contributed by atoms with Crippen molar-refractivity contribution in [3.63, 3.8) is 0 Å². The molecule has 106 valence electrons. The van der Waals surface area contributed by atoms with E-state index in [1.54, 1.807) is 0 Å². The number of hydrogen-bond acceptors (Lipinski definition) is 3. The van der Waals surface area contributed by atoms with E-state index in [1.807, 2.05) is 12.1 Å². The molecule has 0 spiro atoms. The number of hydrogen-bond donors (Lipinski definition) is 3. The van der Waals surface area contributed by atoms with Gasteiger partial charge in [-0.1, -0.05) is 38.1 Å². The summed E-state index contributed by atoms with van der Waals surface area (Å²) in [5.74, 6) is 0.297. The van der Waals surface area contributed by atoms with Crippen LogP contribution < -0.4 is 11.1 Å². The number of benzene rings is 1. The fraction of sp³-hybridized carbons (Fsp3) is 0.533. The van der Waals surface area contributed by atoms with Gasteiger partial charge in [0.1, 0.15) is 0 Å². The van der Waals surface area contributed by atoms with Gasteiger partial charge in [0.15, 0.2) is 0 Å². The first kappa shape index (κ1) is 15.7. The molecular weight excluding hydrogens is 240 g/mol. The van der Waals surface area contributed by atoms with Gasteiger partial charge in [0.25, 0.3) is 0 Å². The number of amides is 1. The summed E-state index contributed by atoms with van der Waals surface area (Å²) >= 11 is 0. The molecule has 0 heterocycles. The molecule has 1 unspecified atom stereocenters. The Labute approximate surface area is 115 Å². The first-order valence-electron chi connectivity index (χ1n) is 6.75. The predicted octanol–water partition coefficient (Wildman–Crippen LogP) is 1.38. The van der Waals surface area contributed by atoms with Crippen LogP contribution in [0.25, 0.3) is 0 Å². The van der Waals surface area contributed by atoms with E-state index in [9.17, 15) is 9.90 Å². The molecule has 0 saturated heterocycles. The lowest BCUT2D eigenvalue weighted by Crippen LogP contribution is -2.26. The van der Waals surface area contributed by atoms with Gasteiger partial charge in [0.2, 0.25) is 5.91 Å². The van der Waals surface area contributed by atoms with Crippen molar-refractivity contribution in [1.82, 2.24) is 5.32 Å². The number of carbonyl (C=O) groups is 1. The summed E-state index contributed by atoms with van der Waals surface area (Å²) in [5.41, 5.74) is 7.21. The smallest absolute Gasteiger partial charge is 0.218 e. The molecule has 4 heteroatoms. The second kappa shape index (κ2) is 7.92. The number of primary amides is 1. The van der Waals surface area contributed by atoms with Crippen LogP contribution in [0.2, 0.25) is 0 Å². The average molecular weight is 264 g/mol. The molecular formula is C15H24N2O2. The first-order chi connectivity index (χ1) is 8.99. The van der Waals surface area contributed by atoms with Crippen molar-refractivity contribution in [3.8, 4) is 0 Å². The van der Waals surface area contributed by atoms with E-state index in [0.29, 0.717) is 25.4 Å². The third-order valence-corrected chi connectivity index (χ3v) is 2.89. The van der Waals surface area contributed by atoms with Crippen molar-refractivity contribution in [2.45, 2.75) is 32.8 Å². The average Bonchev–Trinajstić information content (AvgIpc) is 2.34. The minimum atomic E-state index is -0.555. The molecule has 1 rings (SSSR count). The zero-order chi connectivity index (χ0) is 14.3. The molecule has 4 nitrogen and oxygen atoms in total. The molecule has 0 aliphatic rings. The Hall–Kier alpha value is -1.39.